The summed E-state index contributed by atoms with van der Waals surface area (Å²) >= 11 is 0. The van der Waals surface area contributed by atoms with Crippen molar-refractivity contribution in [1.82, 2.24) is 10.3 Å². The molecule has 1 unspecified atom stereocenters. The Morgan fingerprint density at radius 2 is 1.95 bits per heavy atom. The topological polar surface area (TPSA) is 63.2 Å². The predicted octanol–water partition coefficient (Wildman–Crippen LogP) is 2.62. The summed E-state index contributed by atoms with van der Waals surface area (Å²) < 4.78 is 5.12. The number of hydrogen-bond acceptors (Lipinski definition) is 4. The molecule has 0 spiro atoms. The van der Waals surface area contributed by atoms with Crippen molar-refractivity contribution in [3.8, 4) is 5.75 Å². The summed E-state index contributed by atoms with van der Waals surface area (Å²) in [6, 6.07) is 11.0. The minimum Gasteiger partial charge on any atom is -0.497 e. The van der Waals surface area contributed by atoms with E-state index in [4.69, 9.17) is 4.74 Å². The van der Waals surface area contributed by atoms with Crippen LogP contribution in [0.5, 0.6) is 5.75 Å². The fourth-order valence-corrected chi connectivity index (χ4v) is 1.96. The molecule has 5 heteroatoms. The highest BCUT2D eigenvalue weighted by molar-refractivity contribution is 5.93. The first-order chi connectivity index (χ1) is 10.1. The van der Waals surface area contributed by atoms with E-state index in [0.717, 1.165) is 17.0 Å². The quantitative estimate of drug-likeness (QED) is 0.886. The van der Waals surface area contributed by atoms with Gasteiger partial charge in [-0.2, -0.15) is 0 Å². The lowest BCUT2D eigenvalue weighted by molar-refractivity contribution is 0.0935. The third kappa shape index (κ3) is 3.72. The Balaban J connectivity index is 2.06. The summed E-state index contributed by atoms with van der Waals surface area (Å²) in [5.74, 6) is 0.594. The predicted molar refractivity (Wildman–Crippen MR) is 82.7 cm³/mol. The van der Waals surface area contributed by atoms with Crippen molar-refractivity contribution in [2.75, 3.05) is 19.5 Å². The summed E-state index contributed by atoms with van der Waals surface area (Å²) in [5.41, 5.74) is 2.25. The lowest BCUT2D eigenvalue weighted by Gasteiger charge is -2.14. The average molecular weight is 285 g/mol. The average Bonchev–Trinajstić information content (AvgIpc) is 2.54. The van der Waals surface area contributed by atoms with Gasteiger partial charge in [-0.15, -0.1) is 0 Å². The van der Waals surface area contributed by atoms with Crippen LogP contribution in [0.2, 0.25) is 0 Å². The van der Waals surface area contributed by atoms with Gasteiger partial charge in [0.15, 0.2) is 0 Å². The highest BCUT2D eigenvalue weighted by Crippen LogP contribution is 2.17. The zero-order chi connectivity index (χ0) is 15.2. The molecule has 2 rings (SSSR count). The number of rotatable bonds is 5. The van der Waals surface area contributed by atoms with Crippen LogP contribution in [0.15, 0.2) is 42.6 Å². The number of carbonyl (C=O) groups is 1. The molecule has 2 N–H and O–H groups in total. The second kappa shape index (κ2) is 6.74. The number of amides is 1. The van der Waals surface area contributed by atoms with Crippen molar-refractivity contribution in [2.24, 2.45) is 0 Å². The van der Waals surface area contributed by atoms with Crippen molar-refractivity contribution in [1.29, 1.82) is 0 Å². The van der Waals surface area contributed by atoms with Crippen LogP contribution in [-0.4, -0.2) is 25.0 Å². The zero-order valence-corrected chi connectivity index (χ0v) is 12.4. The minimum absolute atomic E-state index is 0.108. The van der Waals surface area contributed by atoms with Gasteiger partial charge in [-0.05, 0) is 36.8 Å². The van der Waals surface area contributed by atoms with Gasteiger partial charge in [0.05, 0.1) is 13.2 Å². The molecule has 1 heterocycles. The number of methoxy groups -OCH3 is 1. The molecule has 0 bridgehead atoms. The monoisotopic (exact) mass is 285 g/mol. The van der Waals surface area contributed by atoms with E-state index in [0.29, 0.717) is 5.69 Å². The molecule has 0 saturated heterocycles. The van der Waals surface area contributed by atoms with E-state index in [9.17, 15) is 4.79 Å². The Bertz CT molecular complexity index is 611. The number of aromatic nitrogens is 1. The van der Waals surface area contributed by atoms with Gasteiger partial charge < -0.3 is 15.4 Å². The number of anilines is 1. The fraction of sp³-hybridized carbons (Fsp3) is 0.250. The molecule has 0 radical (unpaired) electrons. The summed E-state index contributed by atoms with van der Waals surface area (Å²) in [4.78, 5) is 16.3. The van der Waals surface area contributed by atoms with Crippen LogP contribution in [0.1, 0.15) is 29.0 Å². The van der Waals surface area contributed by atoms with Crippen LogP contribution in [0.4, 0.5) is 5.69 Å². The van der Waals surface area contributed by atoms with Crippen LogP contribution >= 0.6 is 0 Å². The van der Waals surface area contributed by atoms with Crippen LogP contribution in [0.25, 0.3) is 0 Å². The molecule has 0 saturated carbocycles. The largest absolute Gasteiger partial charge is 0.497 e. The maximum Gasteiger partial charge on any atom is 0.270 e. The standard InChI is InChI=1S/C16H19N3O2/c1-11(12-4-6-14(21-3)7-5-12)19-16(20)15-10-13(17-2)8-9-18-15/h4-11H,1-3H3,(H,17,18)(H,19,20). The first-order valence-electron chi connectivity index (χ1n) is 6.72. The number of nitrogens with zero attached hydrogens (tertiary/aromatic N) is 1. The van der Waals surface area contributed by atoms with Crippen molar-refractivity contribution >= 4 is 11.6 Å². The first kappa shape index (κ1) is 14.8. The van der Waals surface area contributed by atoms with Crippen LogP contribution in [-0.2, 0) is 0 Å². The molecule has 0 aliphatic carbocycles. The van der Waals surface area contributed by atoms with Crippen LogP contribution < -0.4 is 15.4 Å². The third-order valence-electron chi connectivity index (χ3n) is 3.24. The minimum atomic E-state index is -0.199. The maximum absolute atomic E-state index is 12.2. The van der Waals surface area contributed by atoms with Crippen molar-refractivity contribution in [2.45, 2.75) is 13.0 Å². The molecule has 1 amide bonds. The Labute approximate surface area is 124 Å². The Morgan fingerprint density at radius 3 is 2.57 bits per heavy atom. The van der Waals surface area contributed by atoms with Gasteiger partial charge in [0, 0.05) is 18.9 Å². The van der Waals surface area contributed by atoms with Gasteiger partial charge in [-0.1, -0.05) is 12.1 Å². The van der Waals surface area contributed by atoms with Gasteiger partial charge >= 0.3 is 0 Å². The summed E-state index contributed by atoms with van der Waals surface area (Å²) in [7, 11) is 3.43. The van der Waals surface area contributed by atoms with E-state index in [1.54, 1.807) is 26.4 Å². The molecular weight excluding hydrogens is 266 g/mol. The number of carbonyl (C=O) groups excluding carboxylic acids is 1. The lowest BCUT2D eigenvalue weighted by atomic mass is 10.1. The molecule has 2 aromatic rings. The SMILES string of the molecule is CNc1ccnc(C(=O)NC(C)c2ccc(OC)cc2)c1. The van der Waals surface area contributed by atoms with Crippen molar-refractivity contribution in [3.63, 3.8) is 0 Å². The zero-order valence-electron chi connectivity index (χ0n) is 12.4. The van der Waals surface area contributed by atoms with Gasteiger partial charge in [-0.3, -0.25) is 9.78 Å². The highest BCUT2D eigenvalue weighted by Gasteiger charge is 2.13. The van der Waals surface area contributed by atoms with E-state index in [-0.39, 0.29) is 11.9 Å². The van der Waals surface area contributed by atoms with Crippen LogP contribution in [0.3, 0.4) is 0 Å². The Morgan fingerprint density at radius 1 is 1.24 bits per heavy atom. The second-order valence-corrected chi connectivity index (χ2v) is 4.65. The van der Waals surface area contributed by atoms with Gasteiger partial charge in [0.1, 0.15) is 11.4 Å². The lowest BCUT2D eigenvalue weighted by Crippen LogP contribution is -2.27. The Kier molecular flexibility index (Phi) is 4.77. The molecule has 1 aromatic carbocycles. The van der Waals surface area contributed by atoms with Crippen LogP contribution in [0, 0.1) is 0 Å². The third-order valence-corrected chi connectivity index (χ3v) is 3.24. The van der Waals surface area contributed by atoms with Crippen molar-refractivity contribution < 1.29 is 9.53 Å². The second-order valence-electron chi connectivity index (χ2n) is 4.65. The number of benzene rings is 1. The number of pyridine rings is 1. The highest BCUT2D eigenvalue weighted by atomic mass is 16.5. The van der Waals surface area contributed by atoms with E-state index >= 15 is 0 Å². The number of hydrogen-bond donors (Lipinski definition) is 2. The summed E-state index contributed by atoms with van der Waals surface area (Å²) in [6.45, 7) is 1.93. The maximum atomic E-state index is 12.2. The van der Waals surface area contributed by atoms with E-state index in [1.807, 2.05) is 37.3 Å². The number of nitrogens with one attached hydrogen (secondary N) is 2. The van der Waals surface area contributed by atoms with Gasteiger partial charge in [0.2, 0.25) is 0 Å². The molecular formula is C16H19N3O2. The molecule has 5 nitrogen and oxygen atoms in total. The summed E-state index contributed by atoms with van der Waals surface area (Å²) in [5, 5.41) is 5.92. The molecule has 0 aliphatic heterocycles. The first-order valence-corrected chi connectivity index (χ1v) is 6.72. The smallest absolute Gasteiger partial charge is 0.270 e. The summed E-state index contributed by atoms with van der Waals surface area (Å²) in [6.07, 6.45) is 1.61. The van der Waals surface area contributed by atoms with Gasteiger partial charge in [-0.25, -0.2) is 0 Å². The molecule has 0 aliphatic rings. The van der Waals surface area contributed by atoms with E-state index in [1.165, 1.54) is 0 Å². The van der Waals surface area contributed by atoms with Gasteiger partial charge in [0.25, 0.3) is 5.91 Å². The molecule has 21 heavy (non-hydrogen) atoms. The van der Waals surface area contributed by atoms with E-state index < -0.39 is 0 Å². The van der Waals surface area contributed by atoms with E-state index in [2.05, 4.69) is 15.6 Å². The number of ether oxygens (including phenoxy) is 1. The molecule has 110 valence electrons. The Hall–Kier alpha value is -2.56. The normalized spacial score (nSPS) is 11.6. The molecule has 1 atom stereocenters. The molecule has 0 fully saturated rings. The molecule has 1 aromatic heterocycles. The fourth-order valence-electron chi connectivity index (χ4n) is 1.96. The van der Waals surface area contributed by atoms with Crippen molar-refractivity contribution in [3.05, 3.63) is 53.9 Å².